The maximum Gasteiger partial charge on any atom is 0.191 e. The summed E-state index contributed by atoms with van der Waals surface area (Å²) >= 11 is 0. The van der Waals surface area contributed by atoms with Crippen LogP contribution in [0.25, 0.3) is 0 Å². The van der Waals surface area contributed by atoms with Gasteiger partial charge in [-0.2, -0.15) is 0 Å². The van der Waals surface area contributed by atoms with Crippen molar-refractivity contribution in [3.8, 4) is 0 Å². The molecule has 1 atom stereocenters. The molecular weight excluding hydrogens is 340 g/mol. The van der Waals surface area contributed by atoms with Gasteiger partial charge in [-0.1, -0.05) is 44.2 Å². The minimum absolute atomic E-state index is 0.429. The number of hydrogen-bond acceptors (Lipinski definition) is 4. The quantitative estimate of drug-likeness (QED) is 0.295. The van der Waals surface area contributed by atoms with Crippen molar-refractivity contribution < 1.29 is 9.47 Å². The molecule has 6 nitrogen and oxygen atoms in total. The number of ether oxygens (including phenoxy) is 2. The molecule has 0 fully saturated rings. The Morgan fingerprint density at radius 3 is 2.44 bits per heavy atom. The largest absolute Gasteiger partial charge is 0.382 e. The van der Waals surface area contributed by atoms with Crippen LogP contribution in [0.3, 0.4) is 0 Å². The van der Waals surface area contributed by atoms with E-state index in [9.17, 15) is 0 Å². The Labute approximate surface area is 165 Å². The standard InChI is InChI=1S/C21H38N4O2/c1-5-25(6-2)20(17-19-11-8-7-9-12-19)18-24-21(22-3)23-13-10-14-27-16-15-26-4/h7-9,11-12,20H,5-6,10,13-18H2,1-4H3,(H2,22,23,24). The molecule has 0 saturated carbocycles. The highest BCUT2D eigenvalue weighted by molar-refractivity contribution is 5.79. The molecule has 1 aromatic rings. The van der Waals surface area contributed by atoms with E-state index in [1.165, 1.54) is 5.56 Å². The van der Waals surface area contributed by atoms with Crippen molar-refractivity contribution in [2.75, 3.05) is 60.2 Å². The zero-order valence-electron chi connectivity index (χ0n) is 17.5. The Morgan fingerprint density at radius 2 is 1.81 bits per heavy atom. The first kappa shape index (κ1) is 23.4. The molecule has 0 bridgehead atoms. The van der Waals surface area contributed by atoms with Gasteiger partial charge >= 0.3 is 0 Å². The molecule has 0 saturated heterocycles. The summed E-state index contributed by atoms with van der Waals surface area (Å²) in [6.45, 7) is 10.2. The summed E-state index contributed by atoms with van der Waals surface area (Å²) in [5.41, 5.74) is 1.37. The van der Waals surface area contributed by atoms with Crippen LogP contribution in [0.5, 0.6) is 0 Å². The Morgan fingerprint density at radius 1 is 1.07 bits per heavy atom. The van der Waals surface area contributed by atoms with E-state index in [-0.39, 0.29) is 0 Å². The van der Waals surface area contributed by atoms with Crippen molar-refractivity contribution in [2.45, 2.75) is 32.7 Å². The van der Waals surface area contributed by atoms with Crippen LogP contribution >= 0.6 is 0 Å². The Hall–Kier alpha value is -1.63. The average Bonchev–Trinajstić information content (AvgIpc) is 2.70. The smallest absolute Gasteiger partial charge is 0.191 e. The molecule has 2 N–H and O–H groups in total. The number of nitrogens with zero attached hydrogens (tertiary/aromatic N) is 2. The second-order valence-electron chi connectivity index (χ2n) is 6.40. The molecule has 0 aliphatic rings. The van der Waals surface area contributed by atoms with E-state index >= 15 is 0 Å². The third kappa shape index (κ3) is 10.3. The van der Waals surface area contributed by atoms with Crippen LogP contribution in [-0.2, 0) is 15.9 Å². The number of guanidine groups is 1. The monoisotopic (exact) mass is 378 g/mol. The molecule has 1 aromatic carbocycles. The van der Waals surface area contributed by atoms with Crippen molar-refractivity contribution in [3.63, 3.8) is 0 Å². The zero-order chi connectivity index (χ0) is 19.7. The SMILES string of the molecule is CCN(CC)C(CNC(=NC)NCCCOCCOC)Cc1ccccc1. The van der Waals surface area contributed by atoms with Gasteiger partial charge < -0.3 is 20.1 Å². The zero-order valence-corrected chi connectivity index (χ0v) is 17.5. The van der Waals surface area contributed by atoms with E-state index in [0.717, 1.165) is 51.6 Å². The molecule has 0 spiro atoms. The van der Waals surface area contributed by atoms with Gasteiger partial charge in [-0.05, 0) is 31.5 Å². The molecule has 0 aromatic heterocycles. The predicted octanol–water partition coefficient (Wildman–Crippen LogP) is 2.16. The Bertz CT molecular complexity index is 492. The number of rotatable bonds is 14. The second-order valence-corrected chi connectivity index (χ2v) is 6.40. The highest BCUT2D eigenvalue weighted by Crippen LogP contribution is 2.08. The van der Waals surface area contributed by atoms with Gasteiger partial charge in [0.15, 0.2) is 5.96 Å². The molecular formula is C21H38N4O2. The fourth-order valence-corrected chi connectivity index (χ4v) is 3.02. The van der Waals surface area contributed by atoms with Gasteiger partial charge in [0.1, 0.15) is 0 Å². The Kier molecular flexibility index (Phi) is 13.4. The molecule has 0 aliphatic heterocycles. The summed E-state index contributed by atoms with van der Waals surface area (Å²) in [4.78, 5) is 6.84. The highest BCUT2D eigenvalue weighted by atomic mass is 16.5. The molecule has 1 unspecified atom stereocenters. The maximum absolute atomic E-state index is 5.48. The second kappa shape index (κ2) is 15.4. The van der Waals surface area contributed by atoms with Gasteiger partial charge in [-0.25, -0.2) is 0 Å². The van der Waals surface area contributed by atoms with Crippen molar-refractivity contribution in [1.29, 1.82) is 0 Å². The number of benzene rings is 1. The molecule has 6 heteroatoms. The summed E-state index contributed by atoms with van der Waals surface area (Å²) in [5, 5.41) is 6.85. The van der Waals surface area contributed by atoms with E-state index in [2.05, 4.69) is 64.7 Å². The lowest BCUT2D eigenvalue weighted by Crippen LogP contribution is -2.48. The van der Waals surface area contributed by atoms with Gasteiger partial charge in [0.05, 0.1) is 13.2 Å². The first-order chi connectivity index (χ1) is 13.2. The van der Waals surface area contributed by atoms with Crippen LogP contribution in [-0.4, -0.2) is 77.1 Å². The van der Waals surface area contributed by atoms with Crippen molar-refractivity contribution in [1.82, 2.24) is 15.5 Å². The third-order valence-corrected chi connectivity index (χ3v) is 4.56. The molecule has 0 amide bonds. The highest BCUT2D eigenvalue weighted by Gasteiger charge is 2.16. The van der Waals surface area contributed by atoms with Crippen molar-refractivity contribution >= 4 is 5.96 Å². The fraction of sp³-hybridized carbons (Fsp3) is 0.667. The summed E-state index contributed by atoms with van der Waals surface area (Å²) in [6, 6.07) is 11.1. The molecule has 0 heterocycles. The molecule has 0 radical (unpaired) electrons. The molecule has 154 valence electrons. The van der Waals surface area contributed by atoms with E-state index < -0.39 is 0 Å². The van der Waals surface area contributed by atoms with E-state index in [1.54, 1.807) is 7.11 Å². The number of hydrogen-bond donors (Lipinski definition) is 2. The van der Waals surface area contributed by atoms with Crippen LogP contribution in [0.4, 0.5) is 0 Å². The lowest BCUT2D eigenvalue weighted by molar-refractivity contribution is 0.0698. The predicted molar refractivity (Wildman–Crippen MR) is 114 cm³/mol. The minimum Gasteiger partial charge on any atom is -0.382 e. The average molecular weight is 379 g/mol. The van der Waals surface area contributed by atoms with Crippen LogP contribution in [0.1, 0.15) is 25.8 Å². The lowest BCUT2D eigenvalue weighted by atomic mass is 10.0. The van der Waals surface area contributed by atoms with E-state index in [1.807, 2.05) is 7.05 Å². The molecule has 1 rings (SSSR count). The van der Waals surface area contributed by atoms with Gasteiger partial charge in [0, 0.05) is 39.9 Å². The maximum atomic E-state index is 5.48. The van der Waals surface area contributed by atoms with Crippen LogP contribution in [0.15, 0.2) is 35.3 Å². The third-order valence-electron chi connectivity index (χ3n) is 4.56. The normalized spacial score (nSPS) is 13.0. The lowest BCUT2D eigenvalue weighted by Gasteiger charge is -2.30. The summed E-state index contributed by atoms with van der Waals surface area (Å²) in [6.07, 6.45) is 1.97. The minimum atomic E-state index is 0.429. The van der Waals surface area contributed by atoms with Gasteiger partial charge in [-0.15, -0.1) is 0 Å². The van der Waals surface area contributed by atoms with Crippen LogP contribution in [0, 0.1) is 0 Å². The first-order valence-corrected chi connectivity index (χ1v) is 10.0. The van der Waals surface area contributed by atoms with E-state index in [4.69, 9.17) is 9.47 Å². The number of methoxy groups -OCH3 is 1. The van der Waals surface area contributed by atoms with Crippen LogP contribution < -0.4 is 10.6 Å². The van der Waals surface area contributed by atoms with E-state index in [0.29, 0.717) is 19.3 Å². The Balaban J connectivity index is 2.42. The summed E-state index contributed by atoms with van der Waals surface area (Å²) in [7, 11) is 3.50. The van der Waals surface area contributed by atoms with Gasteiger partial charge in [0.2, 0.25) is 0 Å². The van der Waals surface area contributed by atoms with Crippen molar-refractivity contribution in [2.24, 2.45) is 4.99 Å². The van der Waals surface area contributed by atoms with Gasteiger partial charge in [-0.3, -0.25) is 9.89 Å². The first-order valence-electron chi connectivity index (χ1n) is 10.0. The summed E-state index contributed by atoms with van der Waals surface area (Å²) in [5.74, 6) is 0.845. The van der Waals surface area contributed by atoms with Crippen LogP contribution in [0.2, 0.25) is 0 Å². The summed E-state index contributed by atoms with van der Waals surface area (Å²) < 4.78 is 10.4. The van der Waals surface area contributed by atoms with Gasteiger partial charge in [0.25, 0.3) is 0 Å². The molecule has 27 heavy (non-hydrogen) atoms. The number of aliphatic imine (C=N–C) groups is 1. The number of likely N-dealkylation sites (N-methyl/N-ethyl adjacent to an activating group) is 1. The topological polar surface area (TPSA) is 58.1 Å². The fourth-order valence-electron chi connectivity index (χ4n) is 3.02. The molecule has 0 aliphatic carbocycles. The number of nitrogens with one attached hydrogen (secondary N) is 2. The van der Waals surface area contributed by atoms with Crippen molar-refractivity contribution in [3.05, 3.63) is 35.9 Å².